The average Bonchev–Trinajstić information content (AvgIpc) is 2.75. The van der Waals surface area contributed by atoms with E-state index in [-0.39, 0.29) is 18.5 Å². The number of ether oxygens (including phenoxy) is 1. The lowest BCUT2D eigenvalue weighted by Crippen LogP contribution is -2.20. The maximum atomic E-state index is 11.4. The van der Waals surface area contributed by atoms with Gasteiger partial charge >= 0.3 is 11.9 Å². The Bertz CT molecular complexity index is 431. The fourth-order valence-corrected chi connectivity index (χ4v) is 3.98. The summed E-state index contributed by atoms with van der Waals surface area (Å²) in [5, 5.41) is 8.42. The molecule has 3 saturated carbocycles. The number of carbonyl (C=O) groups is 3. The molecule has 3 aliphatic rings. The van der Waals surface area contributed by atoms with E-state index in [1.165, 1.54) is 51.4 Å². The Labute approximate surface area is 177 Å². The molecule has 0 radical (unpaired) electrons. The van der Waals surface area contributed by atoms with Gasteiger partial charge in [-0.3, -0.25) is 14.4 Å². The fraction of sp³-hybridized carbons (Fsp3) is 0.875. The van der Waals surface area contributed by atoms with Crippen molar-refractivity contribution >= 4 is 17.7 Å². The number of Topliss-reactive ketones (excluding diaryl/α,β-unsaturated/α-hetero) is 1. The molecule has 0 bridgehead atoms. The summed E-state index contributed by atoms with van der Waals surface area (Å²) in [6.07, 6.45) is 21.5. The molecular formula is C24H42O5. The molecule has 29 heavy (non-hydrogen) atoms. The number of aliphatic carboxylic acids is 1. The van der Waals surface area contributed by atoms with Gasteiger partial charge in [-0.2, -0.15) is 0 Å². The number of esters is 1. The van der Waals surface area contributed by atoms with E-state index in [2.05, 4.69) is 0 Å². The van der Waals surface area contributed by atoms with Gasteiger partial charge in [0.25, 0.3) is 0 Å². The van der Waals surface area contributed by atoms with Crippen LogP contribution in [0.3, 0.4) is 0 Å². The highest BCUT2D eigenvalue weighted by Crippen LogP contribution is 2.21. The molecule has 0 aromatic rings. The molecule has 3 aliphatic carbocycles. The normalized spacial score (nSPS) is 19.8. The second-order valence-electron chi connectivity index (χ2n) is 8.57. The summed E-state index contributed by atoms with van der Waals surface area (Å²) in [6.45, 7) is 0. The minimum absolute atomic E-state index is 0.112. The lowest BCUT2D eigenvalue weighted by molar-refractivity contribution is -0.151. The lowest BCUT2D eigenvalue weighted by Gasteiger charge is -2.21. The average molecular weight is 411 g/mol. The molecule has 5 nitrogen and oxygen atoms in total. The first-order valence-electron chi connectivity index (χ1n) is 12.0. The van der Waals surface area contributed by atoms with Crippen LogP contribution in [-0.4, -0.2) is 28.9 Å². The number of unbranched alkanes of at least 4 members (excludes halogenated alkanes) is 1. The highest BCUT2D eigenvalue weighted by atomic mass is 16.5. The van der Waals surface area contributed by atoms with Crippen molar-refractivity contribution in [2.24, 2.45) is 0 Å². The third-order valence-corrected chi connectivity index (χ3v) is 5.78. The first-order valence-corrected chi connectivity index (χ1v) is 12.0. The summed E-state index contributed by atoms with van der Waals surface area (Å²) in [5.74, 6) is -0.510. The molecule has 0 spiro atoms. The van der Waals surface area contributed by atoms with E-state index in [9.17, 15) is 14.4 Å². The zero-order valence-corrected chi connectivity index (χ0v) is 18.3. The molecule has 0 amide bonds. The first-order chi connectivity index (χ1) is 14.1. The second-order valence-corrected chi connectivity index (χ2v) is 8.57. The Morgan fingerprint density at radius 1 is 0.724 bits per heavy atom. The van der Waals surface area contributed by atoms with Crippen LogP contribution in [0.1, 0.15) is 128 Å². The van der Waals surface area contributed by atoms with Gasteiger partial charge in [0.2, 0.25) is 0 Å². The van der Waals surface area contributed by atoms with Gasteiger partial charge in [-0.25, -0.2) is 0 Å². The van der Waals surface area contributed by atoms with Gasteiger partial charge in [-0.1, -0.05) is 51.4 Å². The van der Waals surface area contributed by atoms with Gasteiger partial charge in [-0.05, 0) is 51.4 Å². The SMILES string of the molecule is C1CCCCC1.O=C(O)CCCCC(=O)OC1CCCCC1.O=C1CCCCC1. The summed E-state index contributed by atoms with van der Waals surface area (Å²) in [4.78, 5) is 32.1. The Hall–Kier alpha value is -1.39. The van der Waals surface area contributed by atoms with Crippen LogP contribution in [-0.2, 0) is 19.1 Å². The van der Waals surface area contributed by atoms with E-state index in [1.807, 2.05) is 0 Å². The van der Waals surface area contributed by atoms with Crippen LogP contribution in [0.25, 0.3) is 0 Å². The lowest BCUT2D eigenvalue weighted by atomic mass is 9.98. The highest BCUT2D eigenvalue weighted by Gasteiger charge is 2.17. The molecule has 0 aromatic carbocycles. The third-order valence-electron chi connectivity index (χ3n) is 5.78. The van der Waals surface area contributed by atoms with Crippen LogP contribution in [0.4, 0.5) is 0 Å². The molecule has 1 N–H and O–H groups in total. The van der Waals surface area contributed by atoms with Crippen molar-refractivity contribution in [3.05, 3.63) is 0 Å². The third kappa shape index (κ3) is 16.1. The Balaban J connectivity index is 0.000000262. The molecule has 0 unspecified atom stereocenters. The Morgan fingerprint density at radius 2 is 1.17 bits per heavy atom. The van der Waals surface area contributed by atoms with E-state index in [4.69, 9.17) is 9.84 Å². The zero-order valence-electron chi connectivity index (χ0n) is 18.3. The van der Waals surface area contributed by atoms with Crippen LogP contribution >= 0.6 is 0 Å². The molecule has 0 atom stereocenters. The van der Waals surface area contributed by atoms with Gasteiger partial charge in [-0.15, -0.1) is 0 Å². The summed E-state index contributed by atoms with van der Waals surface area (Å²) in [6, 6.07) is 0. The van der Waals surface area contributed by atoms with Crippen LogP contribution in [0.15, 0.2) is 0 Å². The Kier molecular flexibility index (Phi) is 15.4. The van der Waals surface area contributed by atoms with Gasteiger partial charge in [0.15, 0.2) is 0 Å². The highest BCUT2D eigenvalue weighted by molar-refractivity contribution is 5.78. The minimum Gasteiger partial charge on any atom is -0.481 e. The maximum absolute atomic E-state index is 11.4. The van der Waals surface area contributed by atoms with Crippen molar-refractivity contribution in [2.75, 3.05) is 0 Å². The largest absolute Gasteiger partial charge is 0.481 e. The number of hydrogen-bond donors (Lipinski definition) is 1. The van der Waals surface area contributed by atoms with Crippen molar-refractivity contribution in [1.82, 2.24) is 0 Å². The molecule has 5 heteroatoms. The number of rotatable bonds is 6. The van der Waals surface area contributed by atoms with Gasteiger partial charge in [0.1, 0.15) is 11.9 Å². The smallest absolute Gasteiger partial charge is 0.306 e. The van der Waals surface area contributed by atoms with Crippen molar-refractivity contribution in [2.45, 2.75) is 135 Å². The number of carboxylic acid groups (broad SMARTS) is 1. The summed E-state index contributed by atoms with van der Waals surface area (Å²) in [5.41, 5.74) is 0. The molecule has 0 saturated heterocycles. The minimum atomic E-state index is -0.805. The second kappa shape index (κ2) is 17.5. The standard InChI is InChI=1S/C12H20O4.C6H10O.C6H12/c13-11(14)8-4-5-9-12(15)16-10-6-2-1-3-7-10;7-6-4-2-1-3-5-6;1-2-4-6-5-3-1/h10H,1-9H2,(H,13,14);1-5H2;1-6H2. The van der Waals surface area contributed by atoms with E-state index in [0.29, 0.717) is 25.0 Å². The number of carboxylic acids is 1. The molecular weight excluding hydrogens is 368 g/mol. The van der Waals surface area contributed by atoms with Crippen LogP contribution in [0.5, 0.6) is 0 Å². The van der Waals surface area contributed by atoms with E-state index in [0.717, 1.165) is 51.4 Å². The van der Waals surface area contributed by atoms with Crippen molar-refractivity contribution in [3.63, 3.8) is 0 Å². The number of ketones is 1. The van der Waals surface area contributed by atoms with Crippen molar-refractivity contribution in [1.29, 1.82) is 0 Å². The maximum Gasteiger partial charge on any atom is 0.306 e. The monoisotopic (exact) mass is 410 g/mol. The quantitative estimate of drug-likeness (QED) is 0.406. The number of carbonyl (C=O) groups excluding carboxylic acids is 2. The topological polar surface area (TPSA) is 80.7 Å². The Morgan fingerprint density at radius 3 is 1.62 bits per heavy atom. The molecule has 0 aromatic heterocycles. The summed E-state index contributed by atoms with van der Waals surface area (Å²) in [7, 11) is 0. The molecule has 3 rings (SSSR count). The van der Waals surface area contributed by atoms with Gasteiger partial charge < -0.3 is 9.84 Å². The molecule has 0 heterocycles. The summed E-state index contributed by atoms with van der Waals surface area (Å²) >= 11 is 0. The van der Waals surface area contributed by atoms with Crippen molar-refractivity contribution in [3.8, 4) is 0 Å². The predicted octanol–water partition coefficient (Wildman–Crippen LogP) is 6.37. The van der Waals surface area contributed by atoms with Crippen LogP contribution in [0, 0.1) is 0 Å². The van der Waals surface area contributed by atoms with E-state index in [1.54, 1.807) is 0 Å². The van der Waals surface area contributed by atoms with E-state index >= 15 is 0 Å². The zero-order chi connectivity index (χ0) is 21.2. The molecule has 3 fully saturated rings. The predicted molar refractivity (Wildman–Crippen MR) is 115 cm³/mol. The number of hydrogen-bond acceptors (Lipinski definition) is 4. The van der Waals surface area contributed by atoms with Gasteiger partial charge in [0, 0.05) is 25.7 Å². The molecule has 168 valence electrons. The van der Waals surface area contributed by atoms with Crippen LogP contribution in [0.2, 0.25) is 0 Å². The van der Waals surface area contributed by atoms with Crippen LogP contribution < -0.4 is 0 Å². The van der Waals surface area contributed by atoms with E-state index < -0.39 is 5.97 Å². The fourth-order valence-electron chi connectivity index (χ4n) is 3.98. The van der Waals surface area contributed by atoms with Crippen molar-refractivity contribution < 1.29 is 24.2 Å². The first kappa shape index (κ1) is 25.6. The van der Waals surface area contributed by atoms with Gasteiger partial charge in [0.05, 0.1) is 0 Å². The molecule has 0 aliphatic heterocycles. The summed E-state index contributed by atoms with van der Waals surface area (Å²) < 4.78 is 5.31.